The summed E-state index contributed by atoms with van der Waals surface area (Å²) in [6.07, 6.45) is 9.20. The summed E-state index contributed by atoms with van der Waals surface area (Å²) in [6, 6.07) is -0.539. The number of nitrogens with one attached hydrogen (secondary N) is 2. The van der Waals surface area contributed by atoms with E-state index in [0.29, 0.717) is 19.4 Å². The Morgan fingerprint density at radius 1 is 1.50 bits per heavy atom. The van der Waals surface area contributed by atoms with Gasteiger partial charge in [-0.3, -0.25) is 4.79 Å². The molecule has 0 aliphatic heterocycles. The molecular weight excluding hydrogens is 208 g/mol. The van der Waals surface area contributed by atoms with Gasteiger partial charge in [0.25, 0.3) is 0 Å². The van der Waals surface area contributed by atoms with E-state index >= 15 is 0 Å². The molecule has 5 heteroatoms. The van der Waals surface area contributed by atoms with Crippen LogP contribution in [0.25, 0.3) is 0 Å². The molecule has 0 radical (unpaired) electrons. The smallest absolute Gasteiger partial charge is 0.315 e. The van der Waals surface area contributed by atoms with E-state index in [-0.39, 0.29) is 12.1 Å². The van der Waals surface area contributed by atoms with Crippen LogP contribution in [-0.2, 0) is 4.79 Å². The van der Waals surface area contributed by atoms with E-state index in [2.05, 4.69) is 16.6 Å². The Morgan fingerprint density at radius 2 is 2.25 bits per heavy atom. The highest BCUT2D eigenvalue weighted by atomic mass is 16.4. The third-order valence-corrected chi connectivity index (χ3v) is 2.27. The highest BCUT2D eigenvalue weighted by Crippen LogP contribution is 2.17. The summed E-state index contributed by atoms with van der Waals surface area (Å²) >= 11 is 0. The second-order valence-electron chi connectivity index (χ2n) is 3.53. The Labute approximate surface area is 93.9 Å². The van der Waals surface area contributed by atoms with E-state index in [0.717, 1.165) is 0 Å². The van der Waals surface area contributed by atoms with Gasteiger partial charge in [0.2, 0.25) is 0 Å². The lowest BCUT2D eigenvalue weighted by atomic mass is 10.1. The fraction of sp³-hybridized carbons (Fsp3) is 0.455. The van der Waals surface area contributed by atoms with Crippen LogP contribution in [0.1, 0.15) is 12.8 Å². The molecule has 0 aromatic heterocycles. The number of urea groups is 1. The normalized spacial score (nSPS) is 22.4. The zero-order valence-electron chi connectivity index (χ0n) is 8.77. The molecule has 0 saturated carbocycles. The molecule has 86 valence electrons. The molecule has 0 bridgehead atoms. The molecule has 5 nitrogen and oxygen atoms in total. The molecule has 1 aliphatic carbocycles. The summed E-state index contributed by atoms with van der Waals surface area (Å²) in [7, 11) is 0. The lowest BCUT2D eigenvalue weighted by Gasteiger charge is -2.12. The molecule has 2 unspecified atom stereocenters. The predicted molar refractivity (Wildman–Crippen MR) is 58.7 cm³/mol. The summed E-state index contributed by atoms with van der Waals surface area (Å²) in [5.74, 6) is 1.03. The molecule has 0 aromatic rings. The summed E-state index contributed by atoms with van der Waals surface area (Å²) in [5, 5.41) is 14.0. The molecule has 1 rings (SSSR count). The average molecular weight is 222 g/mol. The molecule has 16 heavy (non-hydrogen) atoms. The molecule has 1 aliphatic rings. The molecular formula is C11H14N2O3. The minimum Gasteiger partial charge on any atom is -0.481 e. The number of aliphatic carboxylic acids is 1. The maximum atomic E-state index is 11.3. The van der Waals surface area contributed by atoms with Crippen molar-refractivity contribution in [2.45, 2.75) is 18.9 Å². The molecule has 0 saturated heterocycles. The van der Waals surface area contributed by atoms with Crippen LogP contribution in [0.5, 0.6) is 0 Å². The van der Waals surface area contributed by atoms with Crippen molar-refractivity contribution in [3.05, 3.63) is 12.2 Å². The van der Waals surface area contributed by atoms with E-state index < -0.39 is 11.9 Å². The number of hydrogen-bond acceptors (Lipinski definition) is 2. The third-order valence-electron chi connectivity index (χ3n) is 2.27. The first kappa shape index (κ1) is 12.1. The molecule has 0 heterocycles. The van der Waals surface area contributed by atoms with Gasteiger partial charge in [-0.15, -0.1) is 12.3 Å². The second kappa shape index (κ2) is 5.81. The maximum Gasteiger partial charge on any atom is 0.315 e. The van der Waals surface area contributed by atoms with Gasteiger partial charge in [-0.1, -0.05) is 12.2 Å². The van der Waals surface area contributed by atoms with Crippen molar-refractivity contribution >= 4 is 12.0 Å². The van der Waals surface area contributed by atoms with Gasteiger partial charge >= 0.3 is 12.0 Å². The molecule has 2 atom stereocenters. The summed E-state index contributed by atoms with van der Waals surface area (Å²) in [4.78, 5) is 21.9. The number of carbonyl (C=O) groups excluding carboxylic acids is 1. The fourth-order valence-corrected chi connectivity index (χ4v) is 1.46. The van der Waals surface area contributed by atoms with Gasteiger partial charge in [0.15, 0.2) is 0 Å². The highest BCUT2D eigenvalue weighted by molar-refractivity contribution is 5.76. The van der Waals surface area contributed by atoms with E-state index in [1.165, 1.54) is 0 Å². The Balaban J connectivity index is 2.25. The number of hydrogen-bond donors (Lipinski definition) is 3. The molecule has 3 N–H and O–H groups in total. The van der Waals surface area contributed by atoms with Crippen LogP contribution < -0.4 is 10.6 Å². The fourth-order valence-electron chi connectivity index (χ4n) is 1.46. The van der Waals surface area contributed by atoms with Crippen molar-refractivity contribution in [3.63, 3.8) is 0 Å². The molecule has 0 aromatic carbocycles. The quantitative estimate of drug-likeness (QED) is 0.364. The summed E-state index contributed by atoms with van der Waals surface area (Å²) in [5.41, 5.74) is 0. The number of carbonyl (C=O) groups is 2. The minimum atomic E-state index is -0.867. The van der Waals surface area contributed by atoms with Crippen molar-refractivity contribution in [2.75, 3.05) is 6.54 Å². The number of amides is 2. The summed E-state index contributed by atoms with van der Waals surface area (Å²) in [6.45, 7) is 0.418. The van der Waals surface area contributed by atoms with Gasteiger partial charge in [-0.25, -0.2) is 4.79 Å². The Morgan fingerprint density at radius 3 is 2.81 bits per heavy atom. The molecule has 0 spiro atoms. The summed E-state index contributed by atoms with van der Waals surface area (Å²) < 4.78 is 0. The monoisotopic (exact) mass is 222 g/mol. The van der Waals surface area contributed by atoms with E-state index in [1.807, 2.05) is 0 Å². The number of carboxylic acid groups (broad SMARTS) is 1. The van der Waals surface area contributed by atoms with E-state index in [9.17, 15) is 9.59 Å². The maximum absolute atomic E-state index is 11.3. The molecule has 2 amide bonds. The topological polar surface area (TPSA) is 78.4 Å². The van der Waals surface area contributed by atoms with E-state index in [4.69, 9.17) is 11.5 Å². The largest absolute Gasteiger partial charge is 0.481 e. The van der Waals surface area contributed by atoms with Crippen molar-refractivity contribution in [1.29, 1.82) is 0 Å². The van der Waals surface area contributed by atoms with Crippen LogP contribution >= 0.6 is 0 Å². The second-order valence-corrected chi connectivity index (χ2v) is 3.53. The van der Waals surface area contributed by atoms with Crippen LogP contribution in [0.4, 0.5) is 4.79 Å². The standard InChI is InChI=1S/C11H14N2O3/c1-2-3-6-12-11(16)13-9-5-4-8(7-9)10(14)15/h1,4-5,8-9H,3,6-7H2,(H,14,15)(H2,12,13,16). The lowest BCUT2D eigenvalue weighted by molar-refractivity contribution is -0.140. The SMILES string of the molecule is C#CCCNC(=O)NC1C=CC(C(=O)O)C1. The number of carboxylic acids is 1. The first-order valence-corrected chi connectivity index (χ1v) is 5.02. The average Bonchev–Trinajstić information content (AvgIpc) is 2.66. The van der Waals surface area contributed by atoms with Gasteiger partial charge in [0, 0.05) is 13.0 Å². The van der Waals surface area contributed by atoms with Gasteiger partial charge in [-0.2, -0.15) is 0 Å². The van der Waals surface area contributed by atoms with Crippen LogP contribution in [0.3, 0.4) is 0 Å². The number of terminal acetylenes is 1. The van der Waals surface area contributed by atoms with Gasteiger partial charge in [-0.05, 0) is 6.42 Å². The Bertz CT molecular complexity index is 344. The number of rotatable bonds is 4. The molecule has 0 fully saturated rings. The van der Waals surface area contributed by atoms with Crippen LogP contribution in [0, 0.1) is 18.3 Å². The minimum absolute atomic E-state index is 0.216. The first-order valence-electron chi connectivity index (χ1n) is 5.02. The Kier molecular flexibility index (Phi) is 4.40. The first-order chi connectivity index (χ1) is 7.63. The highest BCUT2D eigenvalue weighted by Gasteiger charge is 2.25. The van der Waals surface area contributed by atoms with Crippen molar-refractivity contribution in [3.8, 4) is 12.3 Å². The van der Waals surface area contributed by atoms with Crippen molar-refractivity contribution in [2.24, 2.45) is 5.92 Å². The van der Waals surface area contributed by atoms with Crippen LogP contribution in [0.15, 0.2) is 12.2 Å². The lowest BCUT2D eigenvalue weighted by Crippen LogP contribution is -2.41. The van der Waals surface area contributed by atoms with Crippen LogP contribution in [-0.4, -0.2) is 29.7 Å². The van der Waals surface area contributed by atoms with Gasteiger partial charge in [0.05, 0.1) is 12.0 Å². The van der Waals surface area contributed by atoms with Crippen LogP contribution in [0.2, 0.25) is 0 Å². The van der Waals surface area contributed by atoms with E-state index in [1.54, 1.807) is 12.2 Å². The van der Waals surface area contributed by atoms with Gasteiger partial charge < -0.3 is 15.7 Å². The zero-order valence-corrected chi connectivity index (χ0v) is 8.77. The van der Waals surface area contributed by atoms with Gasteiger partial charge in [0.1, 0.15) is 0 Å². The Hall–Kier alpha value is -1.96. The van der Waals surface area contributed by atoms with Crippen molar-refractivity contribution < 1.29 is 14.7 Å². The van der Waals surface area contributed by atoms with Crippen molar-refractivity contribution in [1.82, 2.24) is 10.6 Å². The predicted octanol–water partition coefficient (Wildman–Crippen LogP) is 0.338. The zero-order chi connectivity index (χ0) is 12.0. The third kappa shape index (κ3) is 3.65.